The van der Waals surface area contributed by atoms with Crippen LogP contribution in [0.5, 0.6) is 0 Å². The van der Waals surface area contributed by atoms with Crippen molar-refractivity contribution in [1.29, 1.82) is 0 Å². The molecule has 1 fully saturated rings. The molecular weight excluding hydrogens is 451 g/mol. The Hall–Kier alpha value is -3.40. The molecule has 0 saturated carbocycles. The van der Waals surface area contributed by atoms with Gasteiger partial charge >= 0.3 is 7.12 Å². The minimum atomic E-state index is -0.317. The van der Waals surface area contributed by atoms with Gasteiger partial charge in [0.1, 0.15) is 0 Å². The molecule has 2 nitrogen and oxygen atoms in total. The lowest BCUT2D eigenvalue weighted by molar-refractivity contribution is 0.0842. The molecule has 0 aromatic heterocycles. The third-order valence-corrected chi connectivity index (χ3v) is 8.77. The second kappa shape index (κ2) is 7.80. The Morgan fingerprint density at radius 1 is 0.649 bits per heavy atom. The van der Waals surface area contributed by atoms with Crippen LogP contribution in [0.3, 0.4) is 0 Å². The molecule has 182 valence electrons. The van der Waals surface area contributed by atoms with E-state index in [1.54, 1.807) is 0 Å². The second-order valence-electron chi connectivity index (χ2n) is 11.7. The van der Waals surface area contributed by atoms with Gasteiger partial charge in [-0.2, -0.15) is 0 Å². The first-order valence-corrected chi connectivity index (χ1v) is 13.3. The van der Waals surface area contributed by atoms with Crippen molar-refractivity contribution in [2.24, 2.45) is 0 Å². The lowest BCUT2D eigenvalue weighted by Gasteiger charge is -2.22. The maximum absolute atomic E-state index is 6.19. The van der Waals surface area contributed by atoms with Gasteiger partial charge in [-0.25, -0.2) is 0 Å². The molecule has 1 saturated heterocycles. The molecule has 1 aliphatic heterocycles. The normalized spacial score (nSPS) is 19.4. The van der Waals surface area contributed by atoms with Crippen molar-refractivity contribution in [1.82, 2.24) is 0 Å². The average Bonchev–Trinajstić information content (AvgIpc) is 3.31. The Labute approximate surface area is 219 Å². The summed E-state index contributed by atoms with van der Waals surface area (Å²) in [5, 5.41) is 4.98. The van der Waals surface area contributed by atoms with Gasteiger partial charge in [-0.3, -0.25) is 0 Å². The third kappa shape index (κ3) is 3.41. The first-order valence-electron chi connectivity index (χ1n) is 13.3. The van der Waals surface area contributed by atoms with Crippen molar-refractivity contribution >= 4 is 34.1 Å². The van der Waals surface area contributed by atoms with E-state index in [4.69, 9.17) is 9.31 Å². The van der Waals surface area contributed by atoms with Crippen molar-refractivity contribution < 1.29 is 9.31 Å². The molecule has 1 heterocycles. The monoisotopic (exact) mass is 482 g/mol. The van der Waals surface area contributed by atoms with Gasteiger partial charge in [-0.15, -0.1) is 0 Å². The standard InChI is InChI=1S/C34H31BO2/c1-21-34(4,5)37-35(36-21)26-14-17-28-25(19-26)11-10-24-18-22(12-15-27(24)28)23-13-16-30-29-8-6-7-9-31(29)33(2,3)32(30)20-23/h6-21H,1-5H3. The van der Waals surface area contributed by atoms with E-state index in [1.807, 2.05) is 0 Å². The van der Waals surface area contributed by atoms with Crippen molar-refractivity contribution in [3.63, 3.8) is 0 Å². The fourth-order valence-corrected chi connectivity index (χ4v) is 6.20. The van der Waals surface area contributed by atoms with Gasteiger partial charge in [0.05, 0.1) is 11.7 Å². The zero-order chi connectivity index (χ0) is 25.5. The van der Waals surface area contributed by atoms with E-state index < -0.39 is 0 Å². The highest BCUT2D eigenvalue weighted by molar-refractivity contribution is 6.62. The predicted octanol–water partition coefficient (Wildman–Crippen LogP) is 7.88. The SMILES string of the molecule is CC1OB(c2ccc3c(ccc4cc(-c5ccc6c(c5)C(C)(C)c5ccccc5-6)ccc43)c2)OC1(C)C. The average molecular weight is 482 g/mol. The first-order chi connectivity index (χ1) is 17.7. The van der Waals surface area contributed by atoms with Crippen LogP contribution in [0.4, 0.5) is 0 Å². The Kier molecular flexibility index (Phi) is 4.80. The van der Waals surface area contributed by atoms with Gasteiger partial charge in [0.25, 0.3) is 0 Å². The van der Waals surface area contributed by atoms with Crippen LogP contribution in [0, 0.1) is 0 Å². The summed E-state index contributed by atoms with van der Waals surface area (Å²) in [7, 11) is -0.317. The van der Waals surface area contributed by atoms with E-state index in [-0.39, 0.29) is 24.2 Å². The molecule has 0 amide bonds. The molecule has 0 radical (unpaired) electrons. The highest BCUT2D eigenvalue weighted by atomic mass is 16.7. The highest BCUT2D eigenvalue weighted by Gasteiger charge is 2.43. The summed E-state index contributed by atoms with van der Waals surface area (Å²) in [5.41, 5.74) is 8.87. The van der Waals surface area contributed by atoms with Gasteiger partial charge in [-0.05, 0) is 93.3 Å². The van der Waals surface area contributed by atoms with Crippen LogP contribution in [0.15, 0.2) is 91.0 Å². The molecule has 0 bridgehead atoms. The van der Waals surface area contributed by atoms with Crippen LogP contribution in [0.1, 0.15) is 45.7 Å². The molecule has 1 unspecified atom stereocenters. The summed E-state index contributed by atoms with van der Waals surface area (Å²) >= 11 is 0. The van der Waals surface area contributed by atoms with Crippen LogP contribution in [0.2, 0.25) is 0 Å². The third-order valence-electron chi connectivity index (χ3n) is 8.77. The van der Waals surface area contributed by atoms with Crippen LogP contribution < -0.4 is 5.46 Å². The Bertz CT molecular complexity index is 1710. The topological polar surface area (TPSA) is 18.5 Å². The minimum absolute atomic E-state index is 0.00640. The van der Waals surface area contributed by atoms with Gasteiger partial charge in [-0.1, -0.05) is 92.7 Å². The molecule has 0 N–H and O–H groups in total. The van der Waals surface area contributed by atoms with E-state index >= 15 is 0 Å². The molecule has 2 aliphatic rings. The van der Waals surface area contributed by atoms with E-state index in [9.17, 15) is 0 Å². The van der Waals surface area contributed by atoms with Gasteiger partial charge in [0.2, 0.25) is 0 Å². The molecule has 37 heavy (non-hydrogen) atoms. The molecule has 1 atom stereocenters. The summed E-state index contributed by atoms with van der Waals surface area (Å²) in [5.74, 6) is 0. The second-order valence-corrected chi connectivity index (χ2v) is 11.7. The Morgan fingerprint density at radius 2 is 1.30 bits per heavy atom. The lowest BCUT2D eigenvalue weighted by atomic mass is 9.78. The molecule has 0 spiro atoms. The zero-order valence-electron chi connectivity index (χ0n) is 22.1. The van der Waals surface area contributed by atoms with Crippen molar-refractivity contribution in [2.45, 2.75) is 51.7 Å². The molecular formula is C34H31BO2. The van der Waals surface area contributed by atoms with Crippen molar-refractivity contribution in [2.75, 3.05) is 0 Å². The number of hydrogen-bond acceptors (Lipinski definition) is 2. The molecule has 3 heteroatoms. The fraction of sp³-hybridized carbons (Fsp3) is 0.235. The van der Waals surface area contributed by atoms with E-state index in [0.717, 1.165) is 5.46 Å². The molecule has 5 aromatic rings. The highest BCUT2D eigenvalue weighted by Crippen LogP contribution is 2.49. The minimum Gasteiger partial charge on any atom is -0.402 e. The van der Waals surface area contributed by atoms with E-state index in [0.29, 0.717) is 0 Å². The quantitative estimate of drug-likeness (QED) is 0.188. The summed E-state index contributed by atoms with van der Waals surface area (Å²) in [6.45, 7) is 10.9. The predicted molar refractivity (Wildman–Crippen MR) is 156 cm³/mol. The van der Waals surface area contributed by atoms with Gasteiger partial charge in [0.15, 0.2) is 0 Å². The number of benzene rings is 5. The van der Waals surface area contributed by atoms with Crippen LogP contribution in [0.25, 0.3) is 43.8 Å². The van der Waals surface area contributed by atoms with Crippen LogP contribution >= 0.6 is 0 Å². The number of fused-ring (bicyclic) bond motifs is 6. The molecule has 1 aliphatic carbocycles. The summed E-state index contributed by atoms with van der Waals surface area (Å²) in [4.78, 5) is 0. The summed E-state index contributed by atoms with van der Waals surface area (Å²) < 4.78 is 12.3. The van der Waals surface area contributed by atoms with Crippen LogP contribution in [-0.4, -0.2) is 18.8 Å². The smallest absolute Gasteiger partial charge is 0.402 e. The molecule has 7 rings (SSSR count). The summed E-state index contributed by atoms with van der Waals surface area (Å²) in [6.07, 6.45) is 0.0576. The Balaban J connectivity index is 1.27. The maximum atomic E-state index is 6.19. The number of hydrogen-bond donors (Lipinski definition) is 0. The first kappa shape index (κ1) is 22.8. The zero-order valence-corrected chi connectivity index (χ0v) is 22.1. The van der Waals surface area contributed by atoms with Gasteiger partial charge in [0, 0.05) is 5.41 Å². The largest absolute Gasteiger partial charge is 0.494 e. The molecule has 5 aromatic carbocycles. The van der Waals surface area contributed by atoms with Crippen LogP contribution in [-0.2, 0) is 14.7 Å². The maximum Gasteiger partial charge on any atom is 0.494 e. The van der Waals surface area contributed by atoms with Crippen molar-refractivity contribution in [3.05, 3.63) is 102 Å². The van der Waals surface area contributed by atoms with E-state index in [2.05, 4.69) is 126 Å². The number of rotatable bonds is 2. The Morgan fingerprint density at radius 3 is 2.05 bits per heavy atom. The van der Waals surface area contributed by atoms with Crippen molar-refractivity contribution in [3.8, 4) is 22.3 Å². The van der Waals surface area contributed by atoms with Gasteiger partial charge < -0.3 is 9.31 Å². The lowest BCUT2D eigenvalue weighted by Crippen LogP contribution is -2.34. The summed E-state index contributed by atoms with van der Waals surface area (Å²) in [6, 6.07) is 33.7. The fourth-order valence-electron chi connectivity index (χ4n) is 6.20. The van der Waals surface area contributed by atoms with E-state index in [1.165, 1.54) is 54.9 Å².